The topological polar surface area (TPSA) is 49.2 Å². The van der Waals surface area contributed by atoms with Crippen molar-refractivity contribution in [3.8, 4) is 0 Å². The van der Waals surface area contributed by atoms with E-state index in [1.165, 1.54) is 64.2 Å². The molecule has 0 bridgehead atoms. The highest BCUT2D eigenvalue weighted by atomic mass is 32.9. The normalized spacial score (nSPS) is 12.1. The largest absolute Gasteiger partial charge is 0.322 e. The summed E-state index contributed by atoms with van der Waals surface area (Å²) in [7, 11) is 0. The number of unbranched alkanes of at least 4 members (excludes halogenated alkanes) is 10. The molecule has 0 saturated carbocycles. The molecule has 1 heterocycles. The summed E-state index contributed by atoms with van der Waals surface area (Å²) in [5.41, 5.74) is -0.482. The van der Waals surface area contributed by atoms with Crippen LogP contribution < -0.4 is 0 Å². The molecule has 2 aromatic rings. The fourth-order valence-electron chi connectivity index (χ4n) is 3.37. The van der Waals surface area contributed by atoms with Crippen LogP contribution in [0.5, 0.6) is 0 Å². The summed E-state index contributed by atoms with van der Waals surface area (Å²) in [5.74, 6) is 0.602. The first-order valence-corrected chi connectivity index (χ1v) is 16.2. The molecule has 31 heavy (non-hydrogen) atoms. The van der Waals surface area contributed by atoms with Gasteiger partial charge in [0.1, 0.15) is 5.52 Å². The zero-order chi connectivity index (χ0) is 22.2. The average molecular weight is 486 g/mol. The van der Waals surface area contributed by atoms with Gasteiger partial charge in [-0.3, -0.25) is 0 Å². The van der Waals surface area contributed by atoms with Crippen LogP contribution in [-0.4, -0.2) is 28.2 Å². The maximum atomic E-state index is 6.20. The molecule has 0 aliphatic carbocycles. The lowest BCUT2D eigenvalue weighted by Crippen LogP contribution is -2.01. The molecule has 1 aromatic heterocycles. The third kappa shape index (κ3) is 10.8. The monoisotopic (exact) mass is 485 g/mol. The number of hydrogen-bond acceptors (Lipinski definition) is 6. The van der Waals surface area contributed by atoms with Crippen LogP contribution in [0.4, 0.5) is 0 Å². The van der Waals surface area contributed by atoms with Crippen molar-refractivity contribution < 1.29 is 9.05 Å². The van der Waals surface area contributed by atoms with Crippen LogP contribution in [0, 0.1) is 0 Å². The SMILES string of the molecule is CCCCCCCCOP(=S)(OCCCCCCCC)SCn1nnc2ccccc21. The van der Waals surface area contributed by atoms with Crippen LogP contribution in [-0.2, 0) is 26.7 Å². The molecule has 0 aliphatic rings. The Kier molecular flexibility index (Phi) is 14.0. The maximum absolute atomic E-state index is 6.20. The molecule has 0 atom stereocenters. The van der Waals surface area contributed by atoms with E-state index < -0.39 is 5.69 Å². The maximum Gasteiger partial charge on any atom is 0.249 e. The summed E-state index contributed by atoms with van der Waals surface area (Å²) in [4.78, 5) is 0. The minimum atomic E-state index is -2.40. The minimum absolute atomic E-state index is 0.602. The zero-order valence-electron chi connectivity index (χ0n) is 19.3. The summed E-state index contributed by atoms with van der Waals surface area (Å²) >= 11 is 7.49. The molecule has 0 amide bonds. The van der Waals surface area contributed by atoms with Gasteiger partial charge in [-0.1, -0.05) is 95.4 Å². The van der Waals surface area contributed by atoms with E-state index in [1.807, 2.05) is 28.9 Å². The van der Waals surface area contributed by atoms with Crippen molar-refractivity contribution in [1.29, 1.82) is 0 Å². The average Bonchev–Trinajstić information content (AvgIpc) is 3.20. The summed E-state index contributed by atoms with van der Waals surface area (Å²) in [6.07, 6.45) is 14.9. The minimum Gasteiger partial charge on any atom is -0.322 e. The first-order valence-electron chi connectivity index (χ1n) is 12.0. The quantitative estimate of drug-likeness (QED) is 0.148. The van der Waals surface area contributed by atoms with Crippen molar-refractivity contribution in [2.24, 2.45) is 0 Å². The van der Waals surface area contributed by atoms with Crippen LogP contribution in [0.2, 0.25) is 0 Å². The Balaban J connectivity index is 1.81. The smallest absolute Gasteiger partial charge is 0.249 e. The van der Waals surface area contributed by atoms with Gasteiger partial charge < -0.3 is 9.05 Å². The van der Waals surface area contributed by atoms with Crippen molar-refractivity contribution in [2.45, 2.75) is 96.8 Å². The van der Waals surface area contributed by atoms with Crippen LogP contribution in [0.1, 0.15) is 90.9 Å². The van der Waals surface area contributed by atoms with Gasteiger partial charge in [-0.2, -0.15) is 0 Å². The van der Waals surface area contributed by atoms with Gasteiger partial charge in [0.25, 0.3) is 0 Å². The van der Waals surface area contributed by atoms with Crippen LogP contribution in [0.3, 0.4) is 0 Å². The molecule has 0 spiro atoms. The standard InChI is InChI=1S/C23H40N3O2PS2/c1-3-5-7-9-11-15-19-27-29(30,28-20-16-12-10-8-6-4-2)31-21-26-23-18-14-13-17-22(23)24-25-26/h13-14,17-18H,3-12,15-16,19-21H2,1-2H3. The molecule has 0 N–H and O–H groups in total. The Morgan fingerprint density at radius 3 is 2.00 bits per heavy atom. The van der Waals surface area contributed by atoms with E-state index in [1.54, 1.807) is 11.4 Å². The molecule has 2 rings (SSSR count). The summed E-state index contributed by atoms with van der Waals surface area (Å²) in [5, 5.41) is 8.52. The van der Waals surface area contributed by atoms with Crippen LogP contribution >= 0.6 is 17.1 Å². The third-order valence-corrected chi connectivity index (χ3v) is 10.4. The van der Waals surface area contributed by atoms with Gasteiger partial charge in [0.05, 0.1) is 24.6 Å². The van der Waals surface area contributed by atoms with Gasteiger partial charge in [-0.25, -0.2) is 4.68 Å². The molecule has 0 saturated heterocycles. The number of rotatable bonds is 19. The number of aromatic nitrogens is 3. The van der Waals surface area contributed by atoms with Crippen LogP contribution in [0.25, 0.3) is 11.0 Å². The molecule has 176 valence electrons. The van der Waals surface area contributed by atoms with E-state index >= 15 is 0 Å². The first-order chi connectivity index (χ1) is 15.2. The highest BCUT2D eigenvalue weighted by molar-refractivity contribution is 8.67. The molecule has 0 aliphatic heterocycles. The van der Waals surface area contributed by atoms with E-state index in [2.05, 4.69) is 24.2 Å². The fraction of sp³-hybridized carbons (Fsp3) is 0.739. The molecule has 5 nitrogen and oxygen atoms in total. The lowest BCUT2D eigenvalue weighted by Gasteiger charge is -2.21. The van der Waals surface area contributed by atoms with E-state index in [-0.39, 0.29) is 0 Å². The van der Waals surface area contributed by atoms with Crippen molar-refractivity contribution in [3.63, 3.8) is 0 Å². The third-order valence-electron chi connectivity index (χ3n) is 5.25. The van der Waals surface area contributed by atoms with Crippen LogP contribution in [0.15, 0.2) is 24.3 Å². The van der Waals surface area contributed by atoms with Gasteiger partial charge in [-0.15, -0.1) is 5.10 Å². The first kappa shape index (κ1) is 26.8. The summed E-state index contributed by atoms with van der Waals surface area (Å²) < 4.78 is 14.3. The highest BCUT2D eigenvalue weighted by Gasteiger charge is 2.21. The summed E-state index contributed by atoms with van der Waals surface area (Å²) in [6.45, 7) is 5.86. The molecular formula is C23H40N3O2PS2. The molecule has 0 unspecified atom stereocenters. The number of para-hydroxylation sites is 1. The number of hydrogen-bond donors (Lipinski definition) is 0. The zero-order valence-corrected chi connectivity index (χ0v) is 21.9. The Hall–Kier alpha value is -0.460. The van der Waals surface area contributed by atoms with Crippen molar-refractivity contribution in [2.75, 3.05) is 13.2 Å². The van der Waals surface area contributed by atoms with Crippen molar-refractivity contribution in [3.05, 3.63) is 24.3 Å². The molecule has 0 radical (unpaired) electrons. The lowest BCUT2D eigenvalue weighted by molar-refractivity contribution is 0.249. The van der Waals surface area contributed by atoms with Gasteiger partial charge >= 0.3 is 0 Å². The Labute approximate surface area is 198 Å². The van der Waals surface area contributed by atoms with E-state index in [4.69, 9.17) is 20.9 Å². The van der Waals surface area contributed by atoms with Gasteiger partial charge in [0, 0.05) is 0 Å². The van der Waals surface area contributed by atoms with E-state index in [0.717, 1.165) is 23.9 Å². The van der Waals surface area contributed by atoms with E-state index in [0.29, 0.717) is 19.1 Å². The molecule has 1 aromatic carbocycles. The number of nitrogens with zero attached hydrogens (tertiary/aromatic N) is 3. The number of fused-ring (bicyclic) bond motifs is 1. The second kappa shape index (κ2) is 16.2. The van der Waals surface area contributed by atoms with Gasteiger partial charge in [-0.05, 0) is 48.2 Å². The lowest BCUT2D eigenvalue weighted by atomic mass is 10.1. The van der Waals surface area contributed by atoms with Crippen molar-refractivity contribution >= 4 is 39.9 Å². The molecule has 8 heteroatoms. The molecular weight excluding hydrogens is 445 g/mol. The predicted molar refractivity (Wildman–Crippen MR) is 138 cm³/mol. The van der Waals surface area contributed by atoms with Gasteiger partial charge in [0.2, 0.25) is 5.69 Å². The molecule has 0 fully saturated rings. The fourth-order valence-corrected chi connectivity index (χ4v) is 7.26. The Morgan fingerprint density at radius 2 is 1.39 bits per heavy atom. The predicted octanol–water partition coefficient (Wildman–Crippen LogP) is 8.10. The highest BCUT2D eigenvalue weighted by Crippen LogP contribution is 2.61. The second-order valence-electron chi connectivity index (χ2n) is 7.99. The second-order valence-corrected chi connectivity index (χ2v) is 14.3. The van der Waals surface area contributed by atoms with Gasteiger partial charge in [0.15, 0.2) is 0 Å². The van der Waals surface area contributed by atoms with Crippen molar-refractivity contribution in [1.82, 2.24) is 15.0 Å². The Morgan fingerprint density at radius 1 is 0.839 bits per heavy atom. The Bertz CT molecular complexity index is 750. The van der Waals surface area contributed by atoms with E-state index in [9.17, 15) is 0 Å². The number of benzene rings is 1. The summed E-state index contributed by atoms with van der Waals surface area (Å²) in [6, 6.07) is 8.00.